The first-order chi connectivity index (χ1) is 32.5. The molecule has 6 aromatic carbocycles. The van der Waals surface area contributed by atoms with Crippen molar-refractivity contribution in [2.24, 2.45) is 0 Å². The van der Waals surface area contributed by atoms with E-state index in [4.69, 9.17) is 9.97 Å². The molecule has 0 aliphatic carbocycles. The first-order valence-corrected chi connectivity index (χ1v) is 25.1. The minimum absolute atomic E-state index is 0. The van der Waals surface area contributed by atoms with Crippen LogP contribution in [0.25, 0.3) is 56.4 Å². The second-order valence-electron chi connectivity index (χ2n) is 21.0. The van der Waals surface area contributed by atoms with E-state index in [9.17, 15) is 0 Å². The molecule has 0 N–H and O–H groups in total. The van der Waals surface area contributed by atoms with Gasteiger partial charge in [-0.1, -0.05) is 158 Å². The molecule has 0 aliphatic rings. The summed E-state index contributed by atoms with van der Waals surface area (Å²) in [6, 6.07) is 54.2. The average molecular weight is 1110 g/mol. The van der Waals surface area contributed by atoms with E-state index >= 15 is 0 Å². The third-order valence-corrected chi connectivity index (χ3v) is 14.1. The molecule has 0 spiro atoms. The Kier molecular flexibility index (Phi) is 19.2. The van der Waals surface area contributed by atoms with E-state index < -0.39 is 0 Å². The maximum Gasteiger partial charge on any atom is 0.0605 e. The molecule has 0 amide bonds. The van der Waals surface area contributed by atoms with E-state index in [1.54, 1.807) is 0 Å². The number of nitrogens with zero attached hydrogens (tertiary/aromatic N) is 4. The van der Waals surface area contributed by atoms with Crippen molar-refractivity contribution in [1.29, 1.82) is 0 Å². The van der Waals surface area contributed by atoms with Gasteiger partial charge in [-0.15, -0.1) is 71.8 Å². The van der Waals surface area contributed by atoms with E-state index in [0.29, 0.717) is 23.7 Å². The zero-order valence-corrected chi connectivity index (χ0v) is 47.2. The van der Waals surface area contributed by atoms with Crippen molar-refractivity contribution in [2.75, 3.05) is 0 Å². The largest absolute Gasteiger partial charge is 0.336 e. The Balaban J connectivity index is 0.000000254. The van der Waals surface area contributed by atoms with Gasteiger partial charge in [-0.25, -0.2) is 0 Å². The maximum atomic E-state index is 4.99. The monoisotopic (exact) mass is 1110 g/mol. The van der Waals surface area contributed by atoms with Crippen molar-refractivity contribution in [3.05, 3.63) is 192 Å². The fourth-order valence-corrected chi connectivity index (χ4v) is 9.15. The smallest absolute Gasteiger partial charge is 0.0605 e. The summed E-state index contributed by atoms with van der Waals surface area (Å²) in [6.07, 6.45) is 6.23. The number of hydrogen-bond donors (Lipinski definition) is 0. The van der Waals surface area contributed by atoms with Crippen molar-refractivity contribution < 1.29 is 39.9 Å². The molecule has 0 atom stereocenters. The average Bonchev–Trinajstić information content (AvgIpc) is 4.01. The van der Waals surface area contributed by atoms with Crippen molar-refractivity contribution in [1.82, 2.24) is 19.1 Å². The molecule has 0 saturated heterocycles. The third kappa shape index (κ3) is 11.9. The van der Waals surface area contributed by atoms with Gasteiger partial charge in [0.05, 0.1) is 11.6 Å². The Morgan fingerprint density at radius 3 is 1.00 bits per heavy atom. The van der Waals surface area contributed by atoms with Gasteiger partial charge in [0.15, 0.2) is 0 Å². The molecule has 0 bridgehead atoms. The molecular weight excluding hydrogens is 1030 g/mol. The van der Waals surface area contributed by atoms with Crippen LogP contribution in [0, 0.1) is 12.1 Å². The second kappa shape index (κ2) is 24.0. The SMILES string of the molecule is CCC(C)(C)c1cnc(-c2[c-]cccc2)n1-c1c(C(C)C)cc(-c2ccccc2)cc1C(C)C.CCC(C)(C)c1cnc(-c2[c-]cccc2)n1-c1c(C(C)C)cc(-c2ccccc2)cc1C(C)C.[Pd].[Rh]. The summed E-state index contributed by atoms with van der Waals surface area (Å²) in [5, 5.41) is 0. The first kappa shape index (κ1) is 55.9. The number of imidazole rings is 2. The molecule has 1 radical (unpaired) electrons. The zero-order chi connectivity index (χ0) is 48.9. The van der Waals surface area contributed by atoms with Gasteiger partial charge in [0.2, 0.25) is 0 Å². The molecule has 6 heteroatoms. The Morgan fingerprint density at radius 1 is 0.443 bits per heavy atom. The molecule has 70 heavy (non-hydrogen) atoms. The van der Waals surface area contributed by atoms with E-state index in [1.807, 2.05) is 24.3 Å². The van der Waals surface area contributed by atoms with Gasteiger partial charge in [0.1, 0.15) is 0 Å². The summed E-state index contributed by atoms with van der Waals surface area (Å²) in [5.41, 5.74) is 17.6. The molecule has 2 aromatic heterocycles. The summed E-state index contributed by atoms with van der Waals surface area (Å²) in [5.74, 6) is 3.39. The summed E-state index contributed by atoms with van der Waals surface area (Å²) < 4.78 is 4.88. The first-order valence-electron chi connectivity index (χ1n) is 25.1. The molecule has 0 fully saturated rings. The van der Waals surface area contributed by atoms with Gasteiger partial charge in [0.25, 0.3) is 0 Å². The molecular formula is C64H74N4PdRh-2. The zero-order valence-electron chi connectivity index (χ0n) is 44.0. The summed E-state index contributed by atoms with van der Waals surface area (Å²) in [7, 11) is 0. The van der Waals surface area contributed by atoms with Crippen molar-refractivity contribution >= 4 is 0 Å². The van der Waals surface area contributed by atoms with Crippen LogP contribution < -0.4 is 0 Å². The Labute approximate surface area is 448 Å². The predicted octanol–water partition coefficient (Wildman–Crippen LogP) is 17.9. The quantitative estimate of drug-likeness (QED) is 0.0803. The predicted molar refractivity (Wildman–Crippen MR) is 290 cm³/mol. The molecule has 0 saturated carbocycles. The van der Waals surface area contributed by atoms with Gasteiger partial charge in [-0.05, 0) is 105 Å². The van der Waals surface area contributed by atoms with Crippen molar-refractivity contribution in [3.63, 3.8) is 0 Å². The van der Waals surface area contributed by atoms with Crippen LogP contribution in [0.5, 0.6) is 0 Å². The molecule has 4 nitrogen and oxygen atoms in total. The maximum absolute atomic E-state index is 4.99. The van der Waals surface area contributed by atoms with Gasteiger partial charge < -0.3 is 9.13 Å². The molecule has 2 heterocycles. The third-order valence-electron chi connectivity index (χ3n) is 14.1. The Morgan fingerprint density at radius 2 is 0.743 bits per heavy atom. The minimum atomic E-state index is -0.0133. The fourth-order valence-electron chi connectivity index (χ4n) is 9.15. The van der Waals surface area contributed by atoms with Gasteiger partial charge >= 0.3 is 0 Å². The van der Waals surface area contributed by atoms with Crippen LogP contribution in [0.2, 0.25) is 0 Å². The van der Waals surface area contributed by atoms with Crippen LogP contribution in [-0.2, 0) is 50.7 Å². The molecule has 0 aliphatic heterocycles. The summed E-state index contributed by atoms with van der Waals surface area (Å²) in [6.45, 7) is 32.2. The topological polar surface area (TPSA) is 35.6 Å². The van der Waals surface area contributed by atoms with Gasteiger partial charge in [-0.3, -0.25) is 9.97 Å². The standard InChI is InChI=1S/2C32H37N2.Pd.Rh/c2*1-8-32(6,7)29-21-33-31(25-17-13-10-14-18-25)34(29)30-27(22(2)3)19-26(20-28(30)23(4)5)24-15-11-9-12-16-24;;/h2*9-17,19-23H,8H2,1-7H3;;/q2*-1;;. The molecule has 0 unspecified atom stereocenters. The number of benzene rings is 6. The van der Waals surface area contributed by atoms with E-state index in [2.05, 4.69) is 240 Å². The van der Waals surface area contributed by atoms with Crippen LogP contribution in [0.1, 0.15) is 167 Å². The fraction of sp³-hybridized carbons (Fsp3) is 0.344. The van der Waals surface area contributed by atoms with E-state index in [0.717, 1.165) is 35.6 Å². The van der Waals surface area contributed by atoms with E-state index in [-0.39, 0.29) is 50.7 Å². The van der Waals surface area contributed by atoms with Crippen LogP contribution in [0.3, 0.4) is 0 Å². The number of hydrogen-bond acceptors (Lipinski definition) is 2. The number of aromatic nitrogens is 4. The van der Waals surface area contributed by atoms with Crippen LogP contribution in [-0.4, -0.2) is 19.1 Å². The van der Waals surface area contributed by atoms with Crippen molar-refractivity contribution in [3.8, 4) is 56.4 Å². The Hall–Kier alpha value is -4.97. The van der Waals surface area contributed by atoms with Crippen molar-refractivity contribution in [2.45, 2.75) is 144 Å². The molecule has 371 valence electrons. The summed E-state index contributed by atoms with van der Waals surface area (Å²) in [4.78, 5) is 9.98. The van der Waals surface area contributed by atoms with Crippen LogP contribution >= 0.6 is 0 Å². The summed E-state index contributed by atoms with van der Waals surface area (Å²) >= 11 is 0. The second-order valence-corrected chi connectivity index (χ2v) is 21.0. The van der Waals surface area contributed by atoms with Gasteiger partial charge in [-0.2, -0.15) is 0 Å². The normalized spacial score (nSPS) is 11.7. The minimum Gasteiger partial charge on any atom is -0.336 e. The number of rotatable bonds is 14. The van der Waals surface area contributed by atoms with Gasteiger partial charge in [0, 0.05) is 85.9 Å². The molecule has 8 rings (SSSR count). The molecule has 8 aromatic rings. The Bertz CT molecular complexity index is 2650. The van der Waals surface area contributed by atoms with E-state index in [1.165, 1.54) is 67.3 Å². The van der Waals surface area contributed by atoms with Crippen LogP contribution in [0.15, 0.2) is 146 Å². The van der Waals surface area contributed by atoms with Crippen LogP contribution in [0.4, 0.5) is 0 Å².